The lowest BCUT2D eigenvalue weighted by Crippen LogP contribution is -2.17. The van der Waals surface area contributed by atoms with Crippen LogP contribution in [0.3, 0.4) is 0 Å². The molecular weight excluding hydrogens is 360 g/mol. The maximum absolute atomic E-state index is 11.8. The van der Waals surface area contributed by atoms with E-state index in [-0.39, 0.29) is 10.7 Å². The van der Waals surface area contributed by atoms with Crippen LogP contribution in [0.25, 0.3) is 11.3 Å². The fourth-order valence-electron chi connectivity index (χ4n) is 2.10. The van der Waals surface area contributed by atoms with Gasteiger partial charge in [0.2, 0.25) is 0 Å². The van der Waals surface area contributed by atoms with Crippen molar-refractivity contribution in [1.29, 1.82) is 0 Å². The zero-order valence-corrected chi connectivity index (χ0v) is 13.9. The molecular formula is C17H11ClN4O4. The van der Waals surface area contributed by atoms with E-state index in [9.17, 15) is 14.9 Å². The first kappa shape index (κ1) is 17.3. The third-order valence-electron chi connectivity index (χ3n) is 3.34. The van der Waals surface area contributed by atoms with Gasteiger partial charge in [-0.2, -0.15) is 5.10 Å². The van der Waals surface area contributed by atoms with E-state index in [1.807, 2.05) is 0 Å². The number of nitrogens with one attached hydrogen (secondary N) is 1. The van der Waals surface area contributed by atoms with Crippen molar-refractivity contribution >= 4 is 29.4 Å². The lowest BCUT2D eigenvalue weighted by molar-refractivity contribution is -0.384. The lowest BCUT2D eigenvalue weighted by atomic mass is 10.1. The van der Waals surface area contributed by atoms with Gasteiger partial charge in [-0.25, -0.2) is 5.43 Å². The van der Waals surface area contributed by atoms with Crippen molar-refractivity contribution in [3.63, 3.8) is 0 Å². The Balaban J connectivity index is 1.70. The minimum Gasteiger partial charge on any atom is -0.455 e. The van der Waals surface area contributed by atoms with Crippen molar-refractivity contribution in [2.75, 3.05) is 0 Å². The number of carbonyl (C=O) groups is 1. The Bertz CT molecular complexity index is 985. The quantitative estimate of drug-likeness (QED) is 0.418. The summed E-state index contributed by atoms with van der Waals surface area (Å²) in [6, 6.07) is 10.6. The number of halogens is 1. The Labute approximate surface area is 152 Å². The summed E-state index contributed by atoms with van der Waals surface area (Å²) in [7, 11) is 0. The van der Waals surface area contributed by atoms with Crippen molar-refractivity contribution in [3.8, 4) is 11.3 Å². The second-order valence-corrected chi connectivity index (χ2v) is 5.47. The van der Waals surface area contributed by atoms with Gasteiger partial charge in [-0.05, 0) is 30.3 Å². The molecule has 3 rings (SSSR count). The van der Waals surface area contributed by atoms with Gasteiger partial charge in [-0.15, -0.1) is 0 Å². The highest BCUT2D eigenvalue weighted by Gasteiger charge is 2.13. The standard InChI is InChI=1S/C17H11ClN4O4/c18-15-8-12(22(24)25)3-5-14(15)16-6-4-13(26-16)10-20-21-17(23)11-2-1-7-19-9-11/h1-10H,(H,21,23). The Morgan fingerprint density at radius 1 is 1.31 bits per heavy atom. The monoisotopic (exact) mass is 370 g/mol. The molecule has 1 aromatic carbocycles. The molecule has 130 valence electrons. The van der Waals surface area contributed by atoms with Gasteiger partial charge >= 0.3 is 0 Å². The van der Waals surface area contributed by atoms with Crippen LogP contribution >= 0.6 is 11.6 Å². The molecule has 3 aromatic rings. The maximum Gasteiger partial charge on any atom is 0.272 e. The highest BCUT2D eigenvalue weighted by molar-refractivity contribution is 6.33. The molecule has 0 aliphatic carbocycles. The second kappa shape index (κ2) is 7.58. The summed E-state index contributed by atoms with van der Waals surface area (Å²) in [5, 5.41) is 14.8. The highest BCUT2D eigenvalue weighted by atomic mass is 35.5. The Morgan fingerprint density at radius 2 is 2.15 bits per heavy atom. The number of carbonyl (C=O) groups excluding carboxylic acids is 1. The first-order chi connectivity index (χ1) is 12.5. The number of non-ortho nitro benzene ring substituents is 1. The Morgan fingerprint density at radius 3 is 2.85 bits per heavy atom. The van der Waals surface area contributed by atoms with Crippen molar-refractivity contribution in [3.05, 3.63) is 81.3 Å². The normalized spacial score (nSPS) is 10.8. The number of nitro groups is 1. The molecule has 9 heteroatoms. The zero-order valence-electron chi connectivity index (χ0n) is 13.1. The number of hydrogen-bond acceptors (Lipinski definition) is 6. The first-order valence-corrected chi connectivity index (χ1v) is 7.70. The van der Waals surface area contributed by atoms with E-state index in [0.29, 0.717) is 22.6 Å². The minimum absolute atomic E-state index is 0.106. The number of benzene rings is 1. The summed E-state index contributed by atoms with van der Waals surface area (Å²) in [5.74, 6) is 0.394. The smallest absolute Gasteiger partial charge is 0.272 e. The number of hydrazone groups is 1. The summed E-state index contributed by atoms with van der Waals surface area (Å²) >= 11 is 6.07. The largest absolute Gasteiger partial charge is 0.455 e. The molecule has 2 aromatic heterocycles. The zero-order chi connectivity index (χ0) is 18.5. The first-order valence-electron chi connectivity index (χ1n) is 7.32. The molecule has 1 amide bonds. The van der Waals surface area contributed by atoms with Gasteiger partial charge in [0.05, 0.1) is 21.7 Å². The van der Waals surface area contributed by atoms with Crippen molar-refractivity contribution in [2.24, 2.45) is 5.10 Å². The average molecular weight is 371 g/mol. The van der Waals surface area contributed by atoms with E-state index in [2.05, 4.69) is 15.5 Å². The number of amides is 1. The predicted molar refractivity (Wildman–Crippen MR) is 95.1 cm³/mol. The van der Waals surface area contributed by atoms with E-state index in [1.165, 1.54) is 30.6 Å². The summed E-state index contributed by atoms with van der Waals surface area (Å²) in [5.41, 5.74) is 3.14. The highest BCUT2D eigenvalue weighted by Crippen LogP contribution is 2.31. The van der Waals surface area contributed by atoms with Crippen LogP contribution in [-0.2, 0) is 0 Å². The Hall–Kier alpha value is -3.52. The van der Waals surface area contributed by atoms with Crippen molar-refractivity contribution in [2.45, 2.75) is 0 Å². The van der Waals surface area contributed by atoms with E-state index >= 15 is 0 Å². The van der Waals surface area contributed by atoms with Gasteiger partial charge in [0, 0.05) is 30.1 Å². The topological polar surface area (TPSA) is 111 Å². The molecule has 8 nitrogen and oxygen atoms in total. The van der Waals surface area contributed by atoms with Gasteiger partial charge in [0.15, 0.2) is 0 Å². The molecule has 0 fully saturated rings. The van der Waals surface area contributed by atoms with Crippen LogP contribution in [0.1, 0.15) is 16.1 Å². The fraction of sp³-hybridized carbons (Fsp3) is 0. The average Bonchev–Trinajstić information content (AvgIpc) is 3.10. The van der Waals surface area contributed by atoms with Crippen LogP contribution in [0, 0.1) is 10.1 Å². The number of aromatic nitrogens is 1. The molecule has 0 spiro atoms. The number of rotatable bonds is 5. The molecule has 0 aliphatic rings. The third kappa shape index (κ3) is 3.93. The number of pyridine rings is 1. The van der Waals surface area contributed by atoms with Crippen LogP contribution in [0.4, 0.5) is 5.69 Å². The van der Waals surface area contributed by atoms with E-state index < -0.39 is 10.8 Å². The van der Waals surface area contributed by atoms with Crippen LogP contribution in [0.15, 0.2) is 64.4 Å². The van der Waals surface area contributed by atoms with Gasteiger partial charge < -0.3 is 4.42 Å². The molecule has 0 aliphatic heterocycles. The molecule has 0 saturated heterocycles. The molecule has 0 saturated carbocycles. The maximum atomic E-state index is 11.8. The number of nitro benzene ring substituents is 1. The lowest BCUT2D eigenvalue weighted by Gasteiger charge is -2.00. The second-order valence-electron chi connectivity index (χ2n) is 5.06. The van der Waals surface area contributed by atoms with Gasteiger partial charge in [0.25, 0.3) is 11.6 Å². The van der Waals surface area contributed by atoms with Crippen LogP contribution in [-0.4, -0.2) is 22.0 Å². The van der Waals surface area contributed by atoms with E-state index in [4.69, 9.17) is 16.0 Å². The molecule has 26 heavy (non-hydrogen) atoms. The third-order valence-corrected chi connectivity index (χ3v) is 3.65. The number of hydrogen-bond donors (Lipinski definition) is 1. The molecule has 0 radical (unpaired) electrons. The van der Waals surface area contributed by atoms with Crippen LogP contribution < -0.4 is 5.43 Å². The molecule has 2 heterocycles. The molecule has 0 bridgehead atoms. The Kier molecular flexibility index (Phi) is 5.04. The predicted octanol–water partition coefficient (Wildman–Crippen LogP) is 3.67. The van der Waals surface area contributed by atoms with Crippen molar-refractivity contribution < 1.29 is 14.1 Å². The number of nitrogens with zero attached hydrogens (tertiary/aromatic N) is 3. The van der Waals surface area contributed by atoms with E-state index in [0.717, 1.165) is 0 Å². The van der Waals surface area contributed by atoms with Gasteiger partial charge in [-0.3, -0.25) is 19.9 Å². The van der Waals surface area contributed by atoms with Gasteiger partial charge in [-0.1, -0.05) is 11.6 Å². The SMILES string of the molecule is O=C(NN=Cc1ccc(-c2ccc([N+](=O)[O-])cc2Cl)o1)c1cccnc1. The summed E-state index contributed by atoms with van der Waals surface area (Å²) in [4.78, 5) is 25.9. The van der Waals surface area contributed by atoms with E-state index in [1.54, 1.807) is 30.5 Å². The minimum atomic E-state index is -0.527. The summed E-state index contributed by atoms with van der Waals surface area (Å²) in [6.45, 7) is 0. The summed E-state index contributed by atoms with van der Waals surface area (Å²) < 4.78 is 5.57. The molecule has 0 unspecified atom stereocenters. The summed E-state index contributed by atoms with van der Waals surface area (Å²) in [6.07, 6.45) is 4.32. The molecule has 1 N–H and O–H groups in total. The van der Waals surface area contributed by atoms with Crippen LogP contribution in [0.2, 0.25) is 5.02 Å². The van der Waals surface area contributed by atoms with Gasteiger partial charge in [0.1, 0.15) is 11.5 Å². The van der Waals surface area contributed by atoms with Crippen molar-refractivity contribution in [1.82, 2.24) is 10.4 Å². The number of furan rings is 1. The fourth-order valence-corrected chi connectivity index (χ4v) is 2.37. The molecule has 0 atom stereocenters. The van der Waals surface area contributed by atoms with Crippen LogP contribution in [0.5, 0.6) is 0 Å².